The van der Waals surface area contributed by atoms with Crippen LogP contribution < -0.4 is 0 Å². The number of hydrogen-bond donors (Lipinski definition) is 0. The van der Waals surface area contributed by atoms with Gasteiger partial charge >= 0.3 is 0 Å². The SMILES string of the molecule is CN1CC2CC(F)(F)C2C1. The Morgan fingerprint density at radius 1 is 1.40 bits per heavy atom. The zero-order valence-electron chi connectivity index (χ0n) is 5.98. The fraction of sp³-hybridized carbons (Fsp3) is 1.00. The molecule has 1 aliphatic carbocycles. The Balaban J connectivity index is 2.06. The highest BCUT2D eigenvalue weighted by Gasteiger charge is 2.58. The van der Waals surface area contributed by atoms with Gasteiger partial charge in [0, 0.05) is 25.4 Å². The fourth-order valence-corrected chi connectivity index (χ4v) is 2.11. The Hall–Kier alpha value is -0.180. The standard InChI is InChI=1S/C7H11F2N/c1-10-3-5-2-7(8,9)6(5)4-10/h5-6H,2-4H2,1H3. The van der Waals surface area contributed by atoms with Crippen molar-refractivity contribution in [2.75, 3.05) is 20.1 Å². The Labute approximate surface area is 59.0 Å². The van der Waals surface area contributed by atoms with Gasteiger partial charge in [-0.05, 0) is 13.0 Å². The number of halogens is 2. The van der Waals surface area contributed by atoms with E-state index < -0.39 is 5.92 Å². The molecule has 2 fully saturated rings. The van der Waals surface area contributed by atoms with Crippen molar-refractivity contribution in [1.82, 2.24) is 4.90 Å². The highest BCUT2D eigenvalue weighted by molar-refractivity contribution is 5.01. The van der Waals surface area contributed by atoms with Gasteiger partial charge in [0.05, 0.1) is 0 Å². The first-order valence-corrected chi connectivity index (χ1v) is 3.66. The molecule has 3 heteroatoms. The van der Waals surface area contributed by atoms with Gasteiger partial charge < -0.3 is 4.90 Å². The van der Waals surface area contributed by atoms with E-state index in [0.29, 0.717) is 12.5 Å². The normalized spacial score (nSPS) is 44.7. The molecule has 0 aromatic heterocycles. The predicted octanol–water partition coefficient (Wildman–Crippen LogP) is 1.20. The lowest BCUT2D eigenvalue weighted by molar-refractivity contribution is -0.152. The van der Waals surface area contributed by atoms with Gasteiger partial charge in [0.25, 0.3) is 5.92 Å². The summed E-state index contributed by atoms with van der Waals surface area (Å²) < 4.78 is 25.3. The van der Waals surface area contributed by atoms with Gasteiger partial charge in [0.15, 0.2) is 0 Å². The van der Waals surface area contributed by atoms with E-state index in [-0.39, 0.29) is 12.3 Å². The topological polar surface area (TPSA) is 3.24 Å². The molecule has 1 nitrogen and oxygen atoms in total. The molecule has 1 heterocycles. The van der Waals surface area contributed by atoms with Crippen LogP contribution in [0.3, 0.4) is 0 Å². The second kappa shape index (κ2) is 1.70. The van der Waals surface area contributed by atoms with Gasteiger partial charge in [-0.1, -0.05) is 0 Å². The summed E-state index contributed by atoms with van der Waals surface area (Å²) in [5.74, 6) is -2.37. The van der Waals surface area contributed by atoms with Crippen LogP contribution in [0.1, 0.15) is 6.42 Å². The first-order chi connectivity index (χ1) is 4.59. The van der Waals surface area contributed by atoms with Crippen molar-refractivity contribution >= 4 is 0 Å². The van der Waals surface area contributed by atoms with Gasteiger partial charge in [-0.15, -0.1) is 0 Å². The van der Waals surface area contributed by atoms with Crippen LogP contribution in [-0.2, 0) is 0 Å². The summed E-state index contributed by atoms with van der Waals surface area (Å²) in [6.07, 6.45) is 0.127. The molecular weight excluding hydrogens is 136 g/mol. The number of nitrogens with zero attached hydrogens (tertiary/aromatic N) is 1. The number of hydrogen-bond acceptors (Lipinski definition) is 1. The average molecular weight is 147 g/mol. The van der Waals surface area contributed by atoms with Crippen molar-refractivity contribution in [1.29, 1.82) is 0 Å². The van der Waals surface area contributed by atoms with Crippen LogP contribution in [0.25, 0.3) is 0 Å². The monoisotopic (exact) mass is 147 g/mol. The molecule has 0 N–H and O–H groups in total. The second-order valence-corrected chi connectivity index (χ2v) is 3.55. The minimum atomic E-state index is -2.34. The van der Waals surface area contributed by atoms with Gasteiger partial charge in [-0.25, -0.2) is 8.78 Å². The first-order valence-electron chi connectivity index (χ1n) is 3.66. The first kappa shape index (κ1) is 6.53. The highest BCUT2D eigenvalue weighted by atomic mass is 19.3. The highest BCUT2D eigenvalue weighted by Crippen LogP contribution is 2.51. The van der Waals surface area contributed by atoms with Crippen molar-refractivity contribution in [3.05, 3.63) is 0 Å². The Bertz CT molecular complexity index is 158. The molecule has 2 rings (SSSR count). The molecule has 1 saturated carbocycles. The summed E-state index contributed by atoms with van der Waals surface area (Å²) in [6.45, 7) is 1.47. The maximum absolute atomic E-state index is 12.6. The van der Waals surface area contributed by atoms with Crippen LogP contribution in [0.2, 0.25) is 0 Å². The van der Waals surface area contributed by atoms with Crippen molar-refractivity contribution in [3.8, 4) is 0 Å². The third-order valence-corrected chi connectivity index (χ3v) is 2.70. The average Bonchev–Trinajstić information content (AvgIpc) is 2.08. The maximum Gasteiger partial charge on any atom is 0.252 e. The molecule has 2 unspecified atom stereocenters. The lowest BCUT2D eigenvalue weighted by atomic mass is 9.72. The van der Waals surface area contributed by atoms with E-state index >= 15 is 0 Å². The van der Waals surface area contributed by atoms with Crippen molar-refractivity contribution < 1.29 is 8.78 Å². The maximum atomic E-state index is 12.6. The molecule has 58 valence electrons. The predicted molar refractivity (Wildman–Crippen MR) is 34.0 cm³/mol. The minimum Gasteiger partial charge on any atom is -0.306 e. The fourth-order valence-electron chi connectivity index (χ4n) is 2.11. The van der Waals surface area contributed by atoms with E-state index in [2.05, 4.69) is 0 Å². The van der Waals surface area contributed by atoms with E-state index in [4.69, 9.17) is 0 Å². The molecule has 0 aromatic rings. The van der Waals surface area contributed by atoms with E-state index in [1.807, 2.05) is 11.9 Å². The molecule has 1 saturated heterocycles. The number of rotatable bonds is 0. The molecular formula is C7H11F2N. The van der Waals surface area contributed by atoms with Crippen molar-refractivity contribution in [2.24, 2.45) is 11.8 Å². The Morgan fingerprint density at radius 3 is 2.50 bits per heavy atom. The molecule has 0 bridgehead atoms. The van der Waals surface area contributed by atoms with Crippen molar-refractivity contribution in [2.45, 2.75) is 12.3 Å². The number of fused-ring (bicyclic) bond motifs is 1. The summed E-state index contributed by atoms with van der Waals surface area (Å²) >= 11 is 0. The van der Waals surface area contributed by atoms with E-state index in [9.17, 15) is 8.78 Å². The molecule has 1 aliphatic heterocycles. The smallest absolute Gasteiger partial charge is 0.252 e. The van der Waals surface area contributed by atoms with Gasteiger partial charge in [0.1, 0.15) is 0 Å². The summed E-state index contributed by atoms with van der Waals surface area (Å²) in [4.78, 5) is 2.00. The molecule has 0 spiro atoms. The molecule has 0 aromatic carbocycles. The Kier molecular flexibility index (Phi) is 1.11. The van der Waals surface area contributed by atoms with Crippen LogP contribution in [0.15, 0.2) is 0 Å². The minimum absolute atomic E-state index is 0.127. The molecule has 10 heavy (non-hydrogen) atoms. The number of alkyl halides is 2. The van der Waals surface area contributed by atoms with Gasteiger partial charge in [-0.2, -0.15) is 0 Å². The van der Waals surface area contributed by atoms with Crippen LogP contribution in [-0.4, -0.2) is 31.0 Å². The molecule has 0 radical (unpaired) electrons. The van der Waals surface area contributed by atoms with E-state index in [1.54, 1.807) is 0 Å². The van der Waals surface area contributed by atoms with E-state index in [1.165, 1.54) is 0 Å². The second-order valence-electron chi connectivity index (χ2n) is 3.55. The van der Waals surface area contributed by atoms with Gasteiger partial charge in [-0.3, -0.25) is 0 Å². The third kappa shape index (κ3) is 0.698. The largest absolute Gasteiger partial charge is 0.306 e. The summed E-state index contributed by atoms with van der Waals surface area (Å²) in [7, 11) is 1.91. The third-order valence-electron chi connectivity index (χ3n) is 2.70. The van der Waals surface area contributed by atoms with Crippen molar-refractivity contribution in [3.63, 3.8) is 0 Å². The number of likely N-dealkylation sites (tertiary alicyclic amines) is 1. The van der Waals surface area contributed by atoms with Crippen LogP contribution in [0.4, 0.5) is 8.78 Å². The molecule has 0 amide bonds. The van der Waals surface area contributed by atoms with Crippen LogP contribution in [0.5, 0.6) is 0 Å². The van der Waals surface area contributed by atoms with Crippen LogP contribution in [0, 0.1) is 11.8 Å². The summed E-state index contributed by atoms with van der Waals surface area (Å²) in [5.41, 5.74) is 0. The Morgan fingerprint density at radius 2 is 2.10 bits per heavy atom. The lowest BCUT2D eigenvalue weighted by Crippen LogP contribution is -2.46. The molecule has 2 aliphatic rings. The lowest BCUT2D eigenvalue weighted by Gasteiger charge is -2.38. The zero-order chi connectivity index (χ0) is 7.35. The molecule has 2 atom stereocenters. The summed E-state index contributed by atoms with van der Waals surface area (Å²) in [6, 6.07) is 0. The van der Waals surface area contributed by atoms with Crippen LogP contribution >= 0.6 is 0 Å². The zero-order valence-corrected chi connectivity index (χ0v) is 5.98. The van der Waals surface area contributed by atoms with Gasteiger partial charge in [0.2, 0.25) is 0 Å². The van der Waals surface area contributed by atoms with E-state index in [0.717, 1.165) is 6.54 Å². The quantitative estimate of drug-likeness (QED) is 0.497. The summed E-state index contributed by atoms with van der Waals surface area (Å²) in [5, 5.41) is 0.